The molecule has 2 rings (SSSR count). The van der Waals surface area contributed by atoms with E-state index in [1.807, 2.05) is 22.4 Å². The summed E-state index contributed by atoms with van der Waals surface area (Å²) in [6.45, 7) is 7.62. The number of ether oxygens (including phenoxy) is 1. The first-order valence-electron chi connectivity index (χ1n) is 7.50. The molecule has 0 aliphatic carbocycles. The summed E-state index contributed by atoms with van der Waals surface area (Å²) in [4.78, 5) is 0. The largest absolute Gasteiger partial charge is 0.493 e. The molecule has 0 aliphatic heterocycles. The van der Waals surface area contributed by atoms with Gasteiger partial charge in [-0.1, -0.05) is 13.8 Å². The van der Waals surface area contributed by atoms with Crippen molar-refractivity contribution in [2.24, 2.45) is 0 Å². The Morgan fingerprint density at radius 3 is 2.62 bits per heavy atom. The summed E-state index contributed by atoms with van der Waals surface area (Å²) in [6, 6.07) is 1.96. The van der Waals surface area contributed by atoms with E-state index in [4.69, 9.17) is 4.74 Å². The highest BCUT2D eigenvalue weighted by atomic mass is 16.5. The first kappa shape index (κ1) is 15.6. The van der Waals surface area contributed by atoms with E-state index in [9.17, 15) is 5.11 Å². The Bertz CT molecular complexity index is 589. The molecule has 0 saturated heterocycles. The lowest BCUT2D eigenvalue weighted by molar-refractivity contribution is 0.190. The van der Waals surface area contributed by atoms with Crippen LogP contribution in [0.15, 0.2) is 12.3 Å². The maximum Gasteiger partial charge on any atom is 0.163 e. The summed E-state index contributed by atoms with van der Waals surface area (Å²) in [5.41, 5.74) is 2.45. The molecule has 0 bridgehead atoms. The van der Waals surface area contributed by atoms with Crippen LogP contribution >= 0.6 is 0 Å². The molecule has 2 aromatic rings. The van der Waals surface area contributed by atoms with Gasteiger partial charge in [0.2, 0.25) is 0 Å². The van der Waals surface area contributed by atoms with Gasteiger partial charge in [0.1, 0.15) is 11.8 Å². The van der Waals surface area contributed by atoms with Gasteiger partial charge >= 0.3 is 0 Å². The van der Waals surface area contributed by atoms with Crippen LogP contribution in [0.4, 0.5) is 0 Å². The summed E-state index contributed by atoms with van der Waals surface area (Å²) in [6.07, 6.45) is 2.65. The lowest BCUT2D eigenvalue weighted by Crippen LogP contribution is -2.15. The van der Waals surface area contributed by atoms with E-state index in [1.54, 1.807) is 13.3 Å². The molecule has 2 heterocycles. The predicted octanol–water partition coefficient (Wildman–Crippen LogP) is 2.16. The number of nitrogens with zero attached hydrogens (tertiary/aromatic N) is 4. The monoisotopic (exact) mass is 292 g/mol. The van der Waals surface area contributed by atoms with Crippen LogP contribution in [0.5, 0.6) is 5.75 Å². The lowest BCUT2D eigenvalue weighted by atomic mass is 10.1. The van der Waals surface area contributed by atoms with Crippen LogP contribution in [-0.2, 0) is 19.5 Å². The maximum absolute atomic E-state index is 10.8. The molecule has 2 aromatic heterocycles. The second-order valence-corrected chi connectivity index (χ2v) is 4.95. The van der Waals surface area contributed by atoms with Crippen LogP contribution in [0.1, 0.15) is 50.4 Å². The normalized spacial score (nSPS) is 12.6. The second kappa shape index (κ2) is 6.76. The molecule has 0 spiro atoms. The summed E-state index contributed by atoms with van der Waals surface area (Å²) in [5, 5.41) is 19.6. The third-order valence-electron chi connectivity index (χ3n) is 3.56. The molecule has 116 valence electrons. The lowest BCUT2D eigenvalue weighted by Gasteiger charge is -2.15. The molecule has 6 nitrogen and oxygen atoms in total. The molecular formula is C15H24N4O2. The van der Waals surface area contributed by atoms with Gasteiger partial charge in [0.05, 0.1) is 24.7 Å². The Balaban J connectivity index is 2.45. The molecule has 6 heteroatoms. The van der Waals surface area contributed by atoms with Crippen molar-refractivity contribution in [1.82, 2.24) is 19.6 Å². The van der Waals surface area contributed by atoms with Crippen LogP contribution in [0, 0.1) is 0 Å². The molecule has 1 atom stereocenters. The van der Waals surface area contributed by atoms with Crippen molar-refractivity contribution in [1.29, 1.82) is 0 Å². The second-order valence-electron chi connectivity index (χ2n) is 4.95. The molecule has 0 amide bonds. The van der Waals surface area contributed by atoms with Gasteiger partial charge in [-0.15, -0.1) is 0 Å². The Morgan fingerprint density at radius 1 is 1.29 bits per heavy atom. The minimum atomic E-state index is -0.790. The first-order chi connectivity index (χ1) is 10.2. The zero-order valence-corrected chi connectivity index (χ0v) is 13.2. The molecular weight excluding hydrogens is 268 g/mol. The van der Waals surface area contributed by atoms with Crippen molar-refractivity contribution in [3.8, 4) is 5.75 Å². The fourth-order valence-corrected chi connectivity index (χ4v) is 2.47. The number of aromatic nitrogens is 4. The number of methoxy groups -OCH3 is 1. The average molecular weight is 292 g/mol. The van der Waals surface area contributed by atoms with Crippen LogP contribution in [0.25, 0.3) is 0 Å². The Labute approximate surface area is 125 Å². The Kier molecular flexibility index (Phi) is 5.01. The fourth-order valence-electron chi connectivity index (χ4n) is 2.47. The summed E-state index contributed by atoms with van der Waals surface area (Å²) in [7, 11) is 1.60. The van der Waals surface area contributed by atoms with Gasteiger partial charge in [0.25, 0.3) is 0 Å². The number of aliphatic hydroxyl groups is 1. The quantitative estimate of drug-likeness (QED) is 0.849. The van der Waals surface area contributed by atoms with Crippen LogP contribution in [-0.4, -0.2) is 31.8 Å². The van der Waals surface area contributed by atoms with Crippen molar-refractivity contribution in [3.63, 3.8) is 0 Å². The SMILES string of the molecule is CCCn1ncc(OC)c1C(O)c1cc(CC)nn1CC. The maximum atomic E-state index is 10.8. The first-order valence-corrected chi connectivity index (χ1v) is 7.50. The van der Waals surface area contributed by atoms with E-state index in [2.05, 4.69) is 24.0 Å². The molecule has 1 N–H and O–H groups in total. The minimum Gasteiger partial charge on any atom is -0.493 e. The molecule has 21 heavy (non-hydrogen) atoms. The van der Waals surface area contributed by atoms with Gasteiger partial charge in [-0.05, 0) is 25.8 Å². The highest BCUT2D eigenvalue weighted by molar-refractivity contribution is 5.33. The zero-order chi connectivity index (χ0) is 15.4. The molecule has 0 aromatic carbocycles. The minimum absolute atomic E-state index is 0.609. The van der Waals surface area contributed by atoms with E-state index in [1.165, 1.54) is 0 Å². The van der Waals surface area contributed by atoms with Crippen LogP contribution in [0.2, 0.25) is 0 Å². The van der Waals surface area contributed by atoms with Crippen molar-refractivity contribution in [2.45, 2.75) is 52.8 Å². The van der Waals surface area contributed by atoms with Crippen molar-refractivity contribution in [2.75, 3.05) is 7.11 Å². The van der Waals surface area contributed by atoms with Gasteiger partial charge in [0.15, 0.2) is 5.75 Å². The van der Waals surface area contributed by atoms with E-state index in [-0.39, 0.29) is 0 Å². The highest BCUT2D eigenvalue weighted by Gasteiger charge is 2.24. The highest BCUT2D eigenvalue weighted by Crippen LogP contribution is 2.30. The number of rotatable bonds is 7. The van der Waals surface area contributed by atoms with Gasteiger partial charge in [-0.2, -0.15) is 10.2 Å². The standard InChI is InChI=1S/C15H24N4O2/c1-5-8-19-14(13(21-4)10-16-19)15(20)12-9-11(6-2)17-18(12)7-3/h9-10,15,20H,5-8H2,1-4H3. The van der Waals surface area contributed by atoms with Gasteiger partial charge in [-0.25, -0.2) is 0 Å². The third kappa shape index (κ3) is 2.95. The van der Waals surface area contributed by atoms with E-state index >= 15 is 0 Å². The topological polar surface area (TPSA) is 65.1 Å². The summed E-state index contributed by atoms with van der Waals surface area (Å²) < 4.78 is 9.00. The molecule has 0 aliphatic rings. The zero-order valence-electron chi connectivity index (χ0n) is 13.2. The Hall–Kier alpha value is -1.82. The Morgan fingerprint density at radius 2 is 2.05 bits per heavy atom. The smallest absolute Gasteiger partial charge is 0.163 e. The molecule has 0 fully saturated rings. The van der Waals surface area contributed by atoms with E-state index in [0.717, 1.165) is 37.3 Å². The molecule has 1 unspecified atom stereocenters. The van der Waals surface area contributed by atoms with Crippen LogP contribution in [0.3, 0.4) is 0 Å². The fraction of sp³-hybridized carbons (Fsp3) is 0.600. The van der Waals surface area contributed by atoms with Crippen molar-refractivity contribution in [3.05, 3.63) is 29.3 Å². The molecule has 0 radical (unpaired) electrons. The van der Waals surface area contributed by atoms with Gasteiger partial charge < -0.3 is 9.84 Å². The van der Waals surface area contributed by atoms with Crippen molar-refractivity contribution < 1.29 is 9.84 Å². The van der Waals surface area contributed by atoms with Gasteiger partial charge in [-0.3, -0.25) is 9.36 Å². The number of hydrogen-bond acceptors (Lipinski definition) is 4. The van der Waals surface area contributed by atoms with E-state index < -0.39 is 6.10 Å². The van der Waals surface area contributed by atoms with Crippen molar-refractivity contribution >= 4 is 0 Å². The number of hydrogen-bond donors (Lipinski definition) is 1. The predicted molar refractivity (Wildman–Crippen MR) is 80.4 cm³/mol. The van der Waals surface area contributed by atoms with Gasteiger partial charge in [0, 0.05) is 13.1 Å². The van der Waals surface area contributed by atoms with E-state index in [0.29, 0.717) is 11.4 Å². The average Bonchev–Trinajstić information content (AvgIpc) is 3.10. The third-order valence-corrected chi connectivity index (χ3v) is 3.56. The molecule has 0 saturated carbocycles. The summed E-state index contributed by atoms with van der Waals surface area (Å²) in [5.74, 6) is 0.609. The number of aryl methyl sites for hydroxylation is 3. The summed E-state index contributed by atoms with van der Waals surface area (Å²) >= 11 is 0. The number of aliphatic hydroxyl groups excluding tert-OH is 1. The van der Waals surface area contributed by atoms with Crippen LogP contribution < -0.4 is 4.74 Å².